The number of hydrogen-bond donors (Lipinski definition) is 1. The molecule has 0 atom stereocenters. The molecule has 2 aromatic rings. The SMILES string of the molecule is O=C(Cc1c(Cl)cccc1Cl)NCc1ccccc1OC(F)F. The monoisotopic (exact) mass is 359 g/mol. The number of para-hydroxylation sites is 1. The van der Waals surface area contributed by atoms with Crippen molar-refractivity contribution in [3.8, 4) is 5.75 Å². The number of rotatable bonds is 6. The number of hydrogen-bond acceptors (Lipinski definition) is 2. The van der Waals surface area contributed by atoms with Gasteiger partial charge >= 0.3 is 6.61 Å². The number of benzene rings is 2. The van der Waals surface area contributed by atoms with E-state index in [-0.39, 0.29) is 24.6 Å². The minimum Gasteiger partial charge on any atom is -0.434 e. The predicted molar refractivity (Wildman–Crippen MR) is 85.1 cm³/mol. The Morgan fingerprint density at radius 1 is 1.09 bits per heavy atom. The molecule has 2 aromatic carbocycles. The van der Waals surface area contributed by atoms with Crippen molar-refractivity contribution in [1.29, 1.82) is 0 Å². The maximum atomic E-state index is 12.3. The molecular weight excluding hydrogens is 347 g/mol. The highest BCUT2D eigenvalue weighted by atomic mass is 35.5. The van der Waals surface area contributed by atoms with Crippen LogP contribution in [0.5, 0.6) is 5.75 Å². The van der Waals surface area contributed by atoms with E-state index in [0.29, 0.717) is 21.2 Å². The summed E-state index contributed by atoms with van der Waals surface area (Å²) in [6.45, 7) is -2.86. The van der Waals surface area contributed by atoms with Crippen molar-refractivity contribution in [3.63, 3.8) is 0 Å². The lowest BCUT2D eigenvalue weighted by atomic mass is 10.1. The molecule has 2 rings (SSSR count). The van der Waals surface area contributed by atoms with Crippen molar-refractivity contribution in [2.75, 3.05) is 0 Å². The van der Waals surface area contributed by atoms with E-state index in [2.05, 4.69) is 10.1 Å². The third-order valence-electron chi connectivity index (χ3n) is 3.06. The van der Waals surface area contributed by atoms with Gasteiger partial charge in [-0.2, -0.15) is 8.78 Å². The number of nitrogens with one attached hydrogen (secondary N) is 1. The van der Waals surface area contributed by atoms with Crippen LogP contribution in [0.25, 0.3) is 0 Å². The Bertz CT molecular complexity index is 675. The van der Waals surface area contributed by atoms with Crippen LogP contribution in [-0.2, 0) is 17.8 Å². The quantitative estimate of drug-likeness (QED) is 0.827. The molecule has 0 aliphatic rings. The second-order valence-electron chi connectivity index (χ2n) is 4.64. The van der Waals surface area contributed by atoms with Gasteiger partial charge in [-0.25, -0.2) is 0 Å². The lowest BCUT2D eigenvalue weighted by Gasteiger charge is -2.12. The van der Waals surface area contributed by atoms with Gasteiger partial charge in [0.15, 0.2) is 0 Å². The van der Waals surface area contributed by atoms with Crippen LogP contribution in [0.15, 0.2) is 42.5 Å². The van der Waals surface area contributed by atoms with Gasteiger partial charge in [-0.15, -0.1) is 0 Å². The first-order valence-corrected chi connectivity index (χ1v) is 7.45. The molecule has 0 heterocycles. The number of alkyl halides is 2. The van der Waals surface area contributed by atoms with E-state index in [4.69, 9.17) is 23.2 Å². The molecule has 1 N–H and O–H groups in total. The first-order chi connectivity index (χ1) is 11.0. The number of carbonyl (C=O) groups excluding carboxylic acids is 1. The standard InChI is InChI=1S/C16H13Cl2F2NO2/c17-12-5-3-6-13(18)11(12)8-15(22)21-9-10-4-1-2-7-14(10)23-16(19)20/h1-7,16H,8-9H2,(H,21,22). The Balaban J connectivity index is 2.00. The normalized spacial score (nSPS) is 10.7. The average Bonchev–Trinajstić information content (AvgIpc) is 2.50. The molecule has 0 aliphatic heterocycles. The maximum Gasteiger partial charge on any atom is 0.387 e. The third-order valence-corrected chi connectivity index (χ3v) is 3.77. The second-order valence-corrected chi connectivity index (χ2v) is 5.45. The van der Waals surface area contributed by atoms with E-state index in [1.807, 2.05) is 0 Å². The summed E-state index contributed by atoms with van der Waals surface area (Å²) in [6, 6.07) is 11.2. The van der Waals surface area contributed by atoms with Crippen molar-refractivity contribution >= 4 is 29.1 Å². The Morgan fingerprint density at radius 2 is 1.74 bits per heavy atom. The zero-order chi connectivity index (χ0) is 16.8. The topological polar surface area (TPSA) is 38.3 Å². The fraction of sp³-hybridized carbons (Fsp3) is 0.188. The van der Waals surface area contributed by atoms with Crippen LogP contribution >= 0.6 is 23.2 Å². The molecule has 1 amide bonds. The molecule has 0 bridgehead atoms. The van der Waals surface area contributed by atoms with Gasteiger partial charge in [0.25, 0.3) is 0 Å². The zero-order valence-electron chi connectivity index (χ0n) is 11.9. The molecule has 7 heteroatoms. The van der Waals surface area contributed by atoms with Crippen molar-refractivity contribution in [3.05, 3.63) is 63.6 Å². The van der Waals surface area contributed by atoms with Crippen LogP contribution in [-0.4, -0.2) is 12.5 Å². The Hall–Kier alpha value is -1.85. The first kappa shape index (κ1) is 17.5. The molecular formula is C16H13Cl2F2NO2. The molecule has 3 nitrogen and oxygen atoms in total. The van der Waals surface area contributed by atoms with Gasteiger partial charge in [0.2, 0.25) is 5.91 Å². The van der Waals surface area contributed by atoms with E-state index < -0.39 is 6.61 Å². The first-order valence-electron chi connectivity index (χ1n) is 6.69. The Labute approximate surface area is 142 Å². The predicted octanol–water partition coefficient (Wildman–Crippen LogP) is 4.45. The van der Waals surface area contributed by atoms with Gasteiger partial charge in [-0.05, 0) is 23.8 Å². The van der Waals surface area contributed by atoms with Crippen LogP contribution in [0.4, 0.5) is 8.78 Å². The average molecular weight is 360 g/mol. The summed E-state index contributed by atoms with van der Waals surface area (Å²) in [5.41, 5.74) is 0.969. The molecule has 0 fully saturated rings. The van der Waals surface area contributed by atoms with Crippen LogP contribution < -0.4 is 10.1 Å². The lowest BCUT2D eigenvalue weighted by molar-refractivity contribution is -0.120. The van der Waals surface area contributed by atoms with E-state index in [1.54, 1.807) is 36.4 Å². The van der Waals surface area contributed by atoms with Crippen LogP contribution in [0.1, 0.15) is 11.1 Å². The van der Waals surface area contributed by atoms with Gasteiger partial charge in [0.1, 0.15) is 5.75 Å². The summed E-state index contributed by atoms with van der Waals surface area (Å²) in [5.74, 6) is -0.301. The zero-order valence-corrected chi connectivity index (χ0v) is 13.4. The van der Waals surface area contributed by atoms with Crippen LogP contribution in [0.3, 0.4) is 0 Å². The number of ether oxygens (including phenoxy) is 1. The molecule has 0 saturated carbocycles. The number of amides is 1. The summed E-state index contributed by atoms with van der Waals surface area (Å²) in [5, 5.41) is 3.43. The highest BCUT2D eigenvalue weighted by Gasteiger charge is 2.13. The number of halogens is 4. The summed E-state index contributed by atoms with van der Waals surface area (Å²) < 4.78 is 29.1. The van der Waals surface area contributed by atoms with Gasteiger partial charge in [0.05, 0.1) is 6.42 Å². The highest BCUT2D eigenvalue weighted by molar-refractivity contribution is 6.36. The van der Waals surface area contributed by atoms with Crippen molar-refractivity contribution in [1.82, 2.24) is 5.32 Å². The molecule has 0 saturated heterocycles. The van der Waals surface area contributed by atoms with Crippen LogP contribution in [0, 0.1) is 0 Å². The molecule has 0 aromatic heterocycles. The highest BCUT2D eigenvalue weighted by Crippen LogP contribution is 2.25. The lowest BCUT2D eigenvalue weighted by Crippen LogP contribution is -2.25. The third kappa shape index (κ3) is 5.08. The smallest absolute Gasteiger partial charge is 0.387 e. The van der Waals surface area contributed by atoms with E-state index in [1.165, 1.54) is 6.07 Å². The van der Waals surface area contributed by atoms with Gasteiger partial charge in [-0.1, -0.05) is 47.5 Å². The molecule has 0 radical (unpaired) electrons. The van der Waals surface area contributed by atoms with Crippen molar-refractivity contribution < 1.29 is 18.3 Å². The Kier molecular flexibility index (Phi) is 6.19. The van der Waals surface area contributed by atoms with Crippen LogP contribution in [0.2, 0.25) is 10.0 Å². The van der Waals surface area contributed by atoms with Crippen molar-refractivity contribution in [2.45, 2.75) is 19.6 Å². The Morgan fingerprint density at radius 3 is 2.39 bits per heavy atom. The summed E-state index contributed by atoms with van der Waals surface area (Å²) in [7, 11) is 0. The van der Waals surface area contributed by atoms with Crippen molar-refractivity contribution in [2.24, 2.45) is 0 Å². The second kappa shape index (κ2) is 8.13. The molecule has 0 unspecified atom stereocenters. The van der Waals surface area contributed by atoms with Gasteiger partial charge < -0.3 is 10.1 Å². The largest absolute Gasteiger partial charge is 0.434 e. The fourth-order valence-electron chi connectivity index (χ4n) is 1.98. The maximum absolute atomic E-state index is 12.3. The molecule has 122 valence electrons. The molecule has 23 heavy (non-hydrogen) atoms. The summed E-state index contributed by atoms with van der Waals surface area (Å²) in [4.78, 5) is 12.0. The van der Waals surface area contributed by atoms with E-state index in [9.17, 15) is 13.6 Å². The minimum atomic E-state index is -2.92. The van der Waals surface area contributed by atoms with Gasteiger partial charge in [0, 0.05) is 22.2 Å². The van der Waals surface area contributed by atoms with E-state index in [0.717, 1.165) is 0 Å². The summed E-state index contributed by atoms with van der Waals surface area (Å²) in [6.07, 6.45) is -0.00359. The van der Waals surface area contributed by atoms with E-state index >= 15 is 0 Å². The fourth-order valence-corrected chi connectivity index (χ4v) is 2.51. The minimum absolute atomic E-state index is 0.00359. The summed E-state index contributed by atoms with van der Waals surface area (Å²) >= 11 is 12.0. The van der Waals surface area contributed by atoms with Gasteiger partial charge in [-0.3, -0.25) is 4.79 Å². The number of carbonyl (C=O) groups is 1. The molecule has 0 aliphatic carbocycles. The molecule has 0 spiro atoms.